The van der Waals surface area contributed by atoms with Gasteiger partial charge in [-0.05, 0) is 6.42 Å². The zero-order chi connectivity index (χ0) is 15.6. The van der Waals surface area contributed by atoms with E-state index in [0.717, 1.165) is 31.0 Å². The van der Waals surface area contributed by atoms with Crippen LogP contribution in [-0.4, -0.2) is 50.6 Å². The van der Waals surface area contributed by atoms with E-state index in [0.29, 0.717) is 11.8 Å². The quantitative estimate of drug-likeness (QED) is 0.776. The maximum absolute atomic E-state index is 5.13. The Balaban J connectivity index is 1.49. The van der Waals surface area contributed by atoms with Gasteiger partial charge in [-0.2, -0.15) is 4.98 Å². The van der Waals surface area contributed by atoms with Crippen LogP contribution in [0.3, 0.4) is 0 Å². The van der Waals surface area contributed by atoms with E-state index in [4.69, 9.17) is 4.74 Å². The van der Waals surface area contributed by atoms with Crippen LogP contribution in [0.15, 0.2) is 37.1 Å². The van der Waals surface area contributed by atoms with Crippen LogP contribution in [0.4, 0.5) is 11.8 Å². The number of fused-ring (bicyclic) bond motifs is 1. The standard InChI is InChI=1S/C15H17N7O/c1-23-12-2-4-18-15(20-12)19-11-3-7-22(10-11)14-13-16-5-8-21(13)9-6-17-14/h2,4-6,8-9,11H,3,7,10H2,1H3,(H,18,19,20). The molecule has 0 bridgehead atoms. The molecule has 4 heterocycles. The Hall–Kier alpha value is -2.90. The fourth-order valence-electron chi connectivity index (χ4n) is 2.84. The number of rotatable bonds is 4. The Labute approximate surface area is 133 Å². The van der Waals surface area contributed by atoms with Gasteiger partial charge in [0.25, 0.3) is 0 Å². The molecule has 118 valence electrons. The van der Waals surface area contributed by atoms with Crippen molar-refractivity contribution in [2.45, 2.75) is 12.5 Å². The molecule has 0 radical (unpaired) electrons. The molecule has 1 aliphatic rings. The summed E-state index contributed by atoms with van der Waals surface area (Å²) < 4.78 is 7.11. The molecule has 3 aromatic heterocycles. The number of ether oxygens (including phenoxy) is 1. The predicted octanol–water partition coefficient (Wildman–Crippen LogP) is 1.22. The third-order valence-electron chi connectivity index (χ3n) is 3.95. The molecule has 1 N–H and O–H groups in total. The summed E-state index contributed by atoms with van der Waals surface area (Å²) in [5, 5.41) is 3.36. The van der Waals surface area contributed by atoms with Crippen LogP contribution in [0, 0.1) is 0 Å². The van der Waals surface area contributed by atoms with Crippen molar-refractivity contribution >= 4 is 17.4 Å². The number of nitrogens with zero attached hydrogens (tertiary/aromatic N) is 6. The maximum Gasteiger partial charge on any atom is 0.226 e. The lowest BCUT2D eigenvalue weighted by Gasteiger charge is -2.18. The highest BCUT2D eigenvalue weighted by Gasteiger charge is 2.25. The molecule has 0 amide bonds. The van der Waals surface area contributed by atoms with E-state index >= 15 is 0 Å². The molecular weight excluding hydrogens is 294 g/mol. The first kappa shape index (κ1) is 13.7. The van der Waals surface area contributed by atoms with Crippen molar-refractivity contribution in [2.75, 3.05) is 30.4 Å². The predicted molar refractivity (Wildman–Crippen MR) is 85.8 cm³/mol. The Morgan fingerprint density at radius 1 is 1.17 bits per heavy atom. The molecule has 8 heteroatoms. The molecule has 0 aliphatic carbocycles. The molecule has 1 atom stereocenters. The molecule has 1 unspecified atom stereocenters. The number of hydrogen-bond donors (Lipinski definition) is 1. The van der Waals surface area contributed by atoms with E-state index in [1.54, 1.807) is 31.8 Å². The van der Waals surface area contributed by atoms with Crippen molar-refractivity contribution in [2.24, 2.45) is 0 Å². The number of aromatic nitrogens is 5. The second-order valence-electron chi connectivity index (χ2n) is 5.41. The molecule has 1 aliphatic heterocycles. The average Bonchev–Trinajstić information content (AvgIpc) is 3.23. The summed E-state index contributed by atoms with van der Waals surface area (Å²) in [5.41, 5.74) is 0.880. The van der Waals surface area contributed by atoms with E-state index in [-0.39, 0.29) is 6.04 Å². The monoisotopic (exact) mass is 311 g/mol. The highest BCUT2D eigenvalue weighted by atomic mass is 16.5. The zero-order valence-electron chi connectivity index (χ0n) is 12.8. The lowest BCUT2D eigenvalue weighted by molar-refractivity contribution is 0.397. The van der Waals surface area contributed by atoms with Gasteiger partial charge < -0.3 is 19.4 Å². The van der Waals surface area contributed by atoms with Crippen LogP contribution in [-0.2, 0) is 0 Å². The molecule has 1 saturated heterocycles. The van der Waals surface area contributed by atoms with Crippen molar-refractivity contribution in [1.29, 1.82) is 0 Å². The van der Waals surface area contributed by atoms with Gasteiger partial charge in [-0.3, -0.25) is 0 Å². The minimum atomic E-state index is 0.263. The van der Waals surface area contributed by atoms with E-state index in [2.05, 4.69) is 30.2 Å². The van der Waals surface area contributed by atoms with E-state index < -0.39 is 0 Å². The van der Waals surface area contributed by atoms with Crippen LogP contribution in [0.1, 0.15) is 6.42 Å². The minimum absolute atomic E-state index is 0.263. The number of nitrogens with one attached hydrogen (secondary N) is 1. The van der Waals surface area contributed by atoms with E-state index in [1.807, 2.05) is 16.8 Å². The van der Waals surface area contributed by atoms with Gasteiger partial charge in [-0.15, -0.1) is 0 Å². The Morgan fingerprint density at radius 3 is 2.91 bits per heavy atom. The summed E-state index contributed by atoms with van der Waals surface area (Å²) >= 11 is 0. The fraction of sp³-hybridized carbons (Fsp3) is 0.333. The first-order chi connectivity index (χ1) is 11.3. The van der Waals surface area contributed by atoms with Gasteiger partial charge in [-0.25, -0.2) is 15.0 Å². The van der Waals surface area contributed by atoms with E-state index in [1.165, 1.54) is 0 Å². The van der Waals surface area contributed by atoms with Crippen molar-refractivity contribution in [3.8, 4) is 5.88 Å². The third-order valence-corrected chi connectivity index (χ3v) is 3.95. The van der Waals surface area contributed by atoms with Crippen molar-refractivity contribution in [3.63, 3.8) is 0 Å². The number of anilines is 2. The van der Waals surface area contributed by atoms with Crippen LogP contribution in [0.2, 0.25) is 0 Å². The average molecular weight is 311 g/mol. The zero-order valence-corrected chi connectivity index (χ0v) is 12.8. The summed E-state index contributed by atoms with van der Waals surface area (Å²) in [7, 11) is 1.60. The minimum Gasteiger partial charge on any atom is -0.481 e. The van der Waals surface area contributed by atoms with Crippen molar-refractivity contribution in [1.82, 2.24) is 24.3 Å². The van der Waals surface area contributed by atoms with Gasteiger partial charge in [0.1, 0.15) is 0 Å². The number of methoxy groups -OCH3 is 1. The fourth-order valence-corrected chi connectivity index (χ4v) is 2.84. The normalized spacial score (nSPS) is 17.6. The lowest BCUT2D eigenvalue weighted by atomic mass is 10.3. The molecule has 23 heavy (non-hydrogen) atoms. The summed E-state index contributed by atoms with van der Waals surface area (Å²) in [5.74, 6) is 2.05. The molecule has 0 saturated carbocycles. The maximum atomic E-state index is 5.13. The lowest BCUT2D eigenvalue weighted by Crippen LogP contribution is -2.27. The number of hydrogen-bond acceptors (Lipinski definition) is 7. The van der Waals surface area contributed by atoms with Crippen LogP contribution in [0.25, 0.3) is 5.65 Å². The van der Waals surface area contributed by atoms with Gasteiger partial charge in [0.05, 0.1) is 7.11 Å². The second-order valence-corrected chi connectivity index (χ2v) is 5.41. The molecule has 4 rings (SSSR count). The van der Waals surface area contributed by atoms with Gasteiger partial charge >= 0.3 is 0 Å². The van der Waals surface area contributed by atoms with Gasteiger partial charge in [0, 0.05) is 56.2 Å². The van der Waals surface area contributed by atoms with Crippen molar-refractivity contribution in [3.05, 3.63) is 37.1 Å². The molecule has 0 spiro atoms. The largest absolute Gasteiger partial charge is 0.481 e. The van der Waals surface area contributed by atoms with Crippen LogP contribution in [0.5, 0.6) is 5.88 Å². The first-order valence-corrected chi connectivity index (χ1v) is 7.49. The summed E-state index contributed by atoms with van der Waals surface area (Å²) in [6.45, 7) is 1.75. The number of imidazole rings is 1. The Bertz CT molecular complexity index is 818. The van der Waals surface area contributed by atoms with Crippen LogP contribution >= 0.6 is 0 Å². The molecule has 1 fully saturated rings. The molecule has 3 aromatic rings. The third kappa shape index (κ3) is 2.63. The van der Waals surface area contributed by atoms with E-state index in [9.17, 15) is 0 Å². The smallest absolute Gasteiger partial charge is 0.226 e. The van der Waals surface area contributed by atoms with Crippen LogP contribution < -0.4 is 15.0 Å². The second kappa shape index (κ2) is 5.71. The first-order valence-electron chi connectivity index (χ1n) is 7.49. The Kier molecular flexibility index (Phi) is 3.41. The SMILES string of the molecule is COc1ccnc(NC2CCN(c3nccn4ccnc34)C2)n1. The van der Waals surface area contributed by atoms with Crippen molar-refractivity contribution < 1.29 is 4.74 Å². The highest BCUT2D eigenvalue weighted by molar-refractivity contribution is 5.64. The summed E-state index contributed by atoms with van der Waals surface area (Å²) in [6, 6.07) is 1.99. The Morgan fingerprint density at radius 2 is 2.04 bits per heavy atom. The molecule has 0 aromatic carbocycles. The molecular formula is C15H17N7O. The molecule has 8 nitrogen and oxygen atoms in total. The topological polar surface area (TPSA) is 80.5 Å². The van der Waals surface area contributed by atoms with Gasteiger partial charge in [-0.1, -0.05) is 0 Å². The summed E-state index contributed by atoms with van der Waals surface area (Å²) in [4.78, 5) is 19.7. The highest BCUT2D eigenvalue weighted by Crippen LogP contribution is 2.23. The summed E-state index contributed by atoms with van der Waals surface area (Å²) in [6.07, 6.45) is 10.1. The van der Waals surface area contributed by atoms with Gasteiger partial charge in [0.2, 0.25) is 11.8 Å². The van der Waals surface area contributed by atoms with Gasteiger partial charge in [0.15, 0.2) is 11.5 Å².